The van der Waals surface area contributed by atoms with Crippen LogP contribution < -0.4 is 16.6 Å². The van der Waals surface area contributed by atoms with Gasteiger partial charge in [0.2, 0.25) is 0 Å². The molecule has 35 heavy (non-hydrogen) atoms. The molecule has 4 rings (SSSR count). The van der Waals surface area contributed by atoms with E-state index in [1.54, 1.807) is 36.4 Å². The number of amides is 1. The van der Waals surface area contributed by atoms with E-state index in [9.17, 15) is 24.3 Å². The molecule has 0 aliphatic heterocycles. The Kier molecular flexibility index (Phi) is 7.29. The molecular formula is C24H16Cl2IN3O5. The fraction of sp³-hybridized carbons (Fsp3) is 0.0833. The van der Waals surface area contributed by atoms with Crippen LogP contribution in [0.2, 0.25) is 10.0 Å². The average Bonchev–Trinajstić information content (AvgIpc) is 2.80. The molecule has 0 unspecified atom stereocenters. The monoisotopic (exact) mass is 623 g/mol. The number of carboxylic acid groups (broad SMARTS) is 1. The third-order valence-corrected chi connectivity index (χ3v) is 6.59. The highest BCUT2D eigenvalue weighted by Gasteiger charge is 2.24. The van der Waals surface area contributed by atoms with Crippen molar-refractivity contribution >= 4 is 68.6 Å². The lowest BCUT2D eigenvalue weighted by Gasteiger charge is -2.16. The highest BCUT2D eigenvalue weighted by Crippen LogP contribution is 2.24. The van der Waals surface area contributed by atoms with Crippen LogP contribution in [0, 0.1) is 3.57 Å². The van der Waals surface area contributed by atoms with Crippen molar-refractivity contribution in [3.63, 3.8) is 0 Å². The van der Waals surface area contributed by atoms with Crippen molar-refractivity contribution in [2.75, 3.05) is 0 Å². The number of halogens is 3. The van der Waals surface area contributed by atoms with Gasteiger partial charge < -0.3 is 15.4 Å². The quantitative estimate of drug-likeness (QED) is 0.280. The standard InChI is InChI=1S/C24H16Cl2IN3O5/c25-16-2-1-3-17(26)20(16)21(31)28-19(23(33)34)10-12-4-7-14(8-5-12)30-22(32)15-11-13(27)6-9-18(15)29-24(30)35/h1-9,11,19H,10H2,(H,28,31)(H,29,35)(H,33,34)/t19-/m0/s1. The Labute approximate surface area is 221 Å². The number of carboxylic acids is 1. The first-order chi connectivity index (χ1) is 16.7. The number of carbonyl (C=O) groups excluding carboxylic acids is 1. The van der Waals surface area contributed by atoms with E-state index in [1.807, 2.05) is 0 Å². The fourth-order valence-corrected chi connectivity index (χ4v) is 4.64. The summed E-state index contributed by atoms with van der Waals surface area (Å²) in [5, 5.41) is 12.6. The van der Waals surface area contributed by atoms with Gasteiger partial charge in [0.15, 0.2) is 0 Å². The molecule has 1 amide bonds. The SMILES string of the molecule is O=C(N[C@@H](Cc1ccc(-n2c(=O)[nH]c3ccc(I)cc3c2=O)cc1)C(=O)O)c1c(Cl)cccc1Cl. The number of aromatic amines is 1. The third kappa shape index (κ3) is 5.26. The number of fused-ring (bicyclic) bond motifs is 1. The summed E-state index contributed by atoms with van der Waals surface area (Å²) in [7, 11) is 0. The van der Waals surface area contributed by atoms with Gasteiger partial charge in [-0.05, 0) is 70.6 Å². The first-order valence-corrected chi connectivity index (χ1v) is 12.0. The molecule has 0 saturated heterocycles. The van der Waals surface area contributed by atoms with Crippen molar-refractivity contribution in [1.29, 1.82) is 0 Å². The number of hydrogen-bond donors (Lipinski definition) is 3. The van der Waals surface area contributed by atoms with E-state index in [-0.39, 0.29) is 22.0 Å². The van der Waals surface area contributed by atoms with E-state index < -0.39 is 29.2 Å². The van der Waals surface area contributed by atoms with Crippen LogP contribution in [0.15, 0.2) is 70.3 Å². The van der Waals surface area contributed by atoms with E-state index in [1.165, 1.54) is 24.3 Å². The van der Waals surface area contributed by atoms with Gasteiger partial charge in [-0.2, -0.15) is 0 Å². The number of rotatable bonds is 6. The molecule has 1 atom stereocenters. The molecule has 0 bridgehead atoms. The smallest absolute Gasteiger partial charge is 0.333 e. The summed E-state index contributed by atoms with van der Waals surface area (Å²) in [5.41, 5.74) is 0.242. The Morgan fingerprint density at radius 1 is 1.03 bits per heavy atom. The Balaban J connectivity index is 1.60. The third-order valence-electron chi connectivity index (χ3n) is 5.29. The molecule has 8 nitrogen and oxygen atoms in total. The van der Waals surface area contributed by atoms with Crippen LogP contribution in [-0.4, -0.2) is 32.6 Å². The lowest BCUT2D eigenvalue weighted by molar-refractivity contribution is -0.139. The van der Waals surface area contributed by atoms with Crippen molar-refractivity contribution in [1.82, 2.24) is 14.9 Å². The topological polar surface area (TPSA) is 121 Å². The molecule has 4 aromatic rings. The van der Waals surface area contributed by atoms with Gasteiger partial charge in [0.05, 0.1) is 32.2 Å². The molecule has 0 spiro atoms. The van der Waals surface area contributed by atoms with Crippen LogP contribution in [0.1, 0.15) is 15.9 Å². The number of H-pyrrole nitrogens is 1. The minimum atomic E-state index is -1.27. The van der Waals surface area contributed by atoms with Crippen LogP contribution in [0.5, 0.6) is 0 Å². The summed E-state index contributed by atoms with van der Waals surface area (Å²) in [6.45, 7) is 0. The van der Waals surface area contributed by atoms with Crippen LogP contribution in [-0.2, 0) is 11.2 Å². The zero-order valence-electron chi connectivity index (χ0n) is 17.7. The minimum absolute atomic E-state index is 0.0120. The first kappa shape index (κ1) is 25.0. The van der Waals surface area contributed by atoms with E-state index in [4.69, 9.17) is 23.2 Å². The first-order valence-electron chi connectivity index (χ1n) is 10.2. The van der Waals surface area contributed by atoms with Gasteiger partial charge >= 0.3 is 11.7 Å². The molecule has 178 valence electrons. The normalized spacial score (nSPS) is 11.9. The van der Waals surface area contributed by atoms with Crippen LogP contribution in [0.4, 0.5) is 0 Å². The highest BCUT2D eigenvalue weighted by molar-refractivity contribution is 14.1. The number of benzene rings is 3. The van der Waals surface area contributed by atoms with Crippen molar-refractivity contribution < 1.29 is 14.7 Å². The Morgan fingerprint density at radius 2 is 1.69 bits per heavy atom. The zero-order valence-corrected chi connectivity index (χ0v) is 21.4. The molecule has 3 aromatic carbocycles. The Bertz CT molecular complexity index is 1560. The summed E-state index contributed by atoms with van der Waals surface area (Å²) in [4.78, 5) is 52.6. The summed E-state index contributed by atoms with van der Waals surface area (Å²) in [6.07, 6.45) is -0.0510. The summed E-state index contributed by atoms with van der Waals surface area (Å²) in [6, 6.07) is 14.7. The number of aliphatic carboxylic acids is 1. The predicted octanol–water partition coefficient (Wildman–Crippen LogP) is 4.02. The number of nitrogens with one attached hydrogen (secondary N) is 2. The maximum atomic E-state index is 13.0. The predicted molar refractivity (Wildman–Crippen MR) is 142 cm³/mol. The van der Waals surface area contributed by atoms with Crippen LogP contribution in [0.3, 0.4) is 0 Å². The summed E-state index contributed by atoms with van der Waals surface area (Å²) in [5.74, 6) is -1.96. The van der Waals surface area contributed by atoms with Gasteiger partial charge in [0.1, 0.15) is 6.04 Å². The van der Waals surface area contributed by atoms with Gasteiger partial charge in [-0.1, -0.05) is 41.4 Å². The Hall–Kier alpha value is -3.15. The molecule has 3 N–H and O–H groups in total. The van der Waals surface area contributed by atoms with E-state index in [0.29, 0.717) is 22.2 Å². The highest BCUT2D eigenvalue weighted by atomic mass is 127. The van der Waals surface area contributed by atoms with Crippen LogP contribution >= 0.6 is 45.8 Å². The molecule has 11 heteroatoms. The van der Waals surface area contributed by atoms with Crippen LogP contribution in [0.25, 0.3) is 16.6 Å². The lowest BCUT2D eigenvalue weighted by Crippen LogP contribution is -2.42. The van der Waals surface area contributed by atoms with Gasteiger partial charge in [-0.3, -0.25) is 9.59 Å². The lowest BCUT2D eigenvalue weighted by atomic mass is 10.0. The second-order valence-corrected chi connectivity index (χ2v) is 9.65. The number of nitrogens with zero attached hydrogens (tertiary/aromatic N) is 1. The van der Waals surface area contributed by atoms with E-state index in [0.717, 1.165) is 8.14 Å². The van der Waals surface area contributed by atoms with Crippen molar-refractivity contribution in [2.24, 2.45) is 0 Å². The van der Waals surface area contributed by atoms with Gasteiger partial charge in [0.25, 0.3) is 11.5 Å². The molecule has 1 heterocycles. The van der Waals surface area contributed by atoms with Crippen molar-refractivity contribution in [2.45, 2.75) is 12.5 Å². The molecule has 0 aliphatic carbocycles. The van der Waals surface area contributed by atoms with Gasteiger partial charge in [-0.15, -0.1) is 0 Å². The average molecular weight is 624 g/mol. The second-order valence-electron chi connectivity index (χ2n) is 7.59. The minimum Gasteiger partial charge on any atom is -0.480 e. The molecule has 0 saturated carbocycles. The zero-order chi connectivity index (χ0) is 25.3. The number of carbonyl (C=O) groups is 2. The molecule has 0 fully saturated rings. The molecule has 0 radical (unpaired) electrons. The van der Waals surface area contributed by atoms with E-state index in [2.05, 4.69) is 32.9 Å². The summed E-state index contributed by atoms with van der Waals surface area (Å²) < 4.78 is 1.86. The van der Waals surface area contributed by atoms with Gasteiger partial charge in [-0.25, -0.2) is 14.2 Å². The maximum Gasteiger partial charge on any atom is 0.333 e. The molecular weight excluding hydrogens is 608 g/mol. The molecule has 1 aromatic heterocycles. The Morgan fingerprint density at radius 3 is 2.31 bits per heavy atom. The number of aromatic nitrogens is 2. The van der Waals surface area contributed by atoms with Crippen molar-refractivity contribution in [3.05, 3.63) is 106 Å². The number of hydrogen-bond acceptors (Lipinski definition) is 4. The van der Waals surface area contributed by atoms with Gasteiger partial charge in [0, 0.05) is 9.99 Å². The summed E-state index contributed by atoms with van der Waals surface area (Å²) >= 11 is 14.2. The maximum absolute atomic E-state index is 13.0. The van der Waals surface area contributed by atoms with Crippen molar-refractivity contribution in [3.8, 4) is 5.69 Å². The second kappa shape index (κ2) is 10.2. The molecule has 0 aliphatic rings. The fourth-order valence-electron chi connectivity index (χ4n) is 3.58. The largest absolute Gasteiger partial charge is 0.480 e. The van der Waals surface area contributed by atoms with E-state index >= 15 is 0 Å².